The van der Waals surface area contributed by atoms with Gasteiger partial charge in [0.25, 0.3) is 0 Å². The van der Waals surface area contributed by atoms with Crippen LogP contribution in [0.1, 0.15) is 26.2 Å². The second kappa shape index (κ2) is 16.0. The maximum Gasteiger partial charge on any atom is 0.313 e. The molecular weight excluding hydrogens is 571 g/mol. The third-order valence-corrected chi connectivity index (χ3v) is 6.08. The molecule has 1 aromatic carbocycles. The minimum atomic E-state index is -2.37. The van der Waals surface area contributed by atoms with E-state index in [0.29, 0.717) is 17.1 Å². The number of carbonyl (C=O) groups excluding carboxylic acids is 3. The van der Waals surface area contributed by atoms with Gasteiger partial charge in [0.15, 0.2) is 5.88 Å². The lowest BCUT2D eigenvalue weighted by molar-refractivity contribution is -0.136. The standard InChI is InChI=1S/C24H27F5N2O8S/c1-13(32)4-11-40-14-12-16(34)31(24(14)36)6-2-15(33)30-5-8-38-10-9-37-7-3-17(35)39-23-21(28)19(26)18(25)20(27)22(23)29/h12,34,36H,2-11H2,1H3,(H,30,33). The van der Waals surface area contributed by atoms with Crippen LogP contribution < -0.4 is 10.1 Å². The molecule has 0 aliphatic heterocycles. The molecule has 2 rings (SSSR count). The molecule has 16 heteroatoms. The first kappa shape index (κ1) is 32.8. The third kappa shape index (κ3) is 9.67. The number of ketones is 1. The Balaban J connectivity index is 1.56. The second-order valence-corrected chi connectivity index (χ2v) is 9.23. The summed E-state index contributed by atoms with van der Waals surface area (Å²) in [6.07, 6.45) is -0.268. The SMILES string of the molecule is CC(=O)CCSc1cc(O)n(CCC(=O)NCCOCCOCCC(=O)Oc2c(F)c(F)c(F)c(F)c2F)c1O. The number of halogens is 5. The van der Waals surface area contributed by atoms with Gasteiger partial charge in [-0.25, -0.2) is 13.2 Å². The topological polar surface area (TPSA) is 136 Å². The molecule has 0 saturated heterocycles. The van der Waals surface area contributed by atoms with Crippen molar-refractivity contribution in [1.29, 1.82) is 0 Å². The molecule has 0 saturated carbocycles. The van der Waals surface area contributed by atoms with Crippen LogP contribution in [0.4, 0.5) is 22.0 Å². The first-order valence-electron chi connectivity index (χ1n) is 11.8. The van der Waals surface area contributed by atoms with Crippen LogP contribution in [0.3, 0.4) is 0 Å². The van der Waals surface area contributed by atoms with Crippen molar-refractivity contribution in [1.82, 2.24) is 9.88 Å². The van der Waals surface area contributed by atoms with Gasteiger partial charge in [0.2, 0.25) is 46.6 Å². The van der Waals surface area contributed by atoms with E-state index in [1.54, 1.807) is 0 Å². The number of hydrogen-bond donors (Lipinski definition) is 3. The van der Waals surface area contributed by atoms with E-state index in [1.807, 2.05) is 0 Å². The Kier molecular flexibility index (Phi) is 13.2. The van der Waals surface area contributed by atoms with Crippen LogP contribution in [0, 0.1) is 29.1 Å². The highest BCUT2D eigenvalue weighted by Crippen LogP contribution is 2.36. The van der Waals surface area contributed by atoms with Crippen molar-refractivity contribution in [2.75, 3.05) is 38.7 Å². The molecule has 3 N–H and O–H groups in total. The van der Waals surface area contributed by atoms with Crippen molar-refractivity contribution >= 4 is 29.4 Å². The Morgan fingerprint density at radius 1 is 0.875 bits per heavy atom. The molecule has 222 valence electrons. The molecule has 0 aliphatic rings. The second-order valence-electron chi connectivity index (χ2n) is 8.09. The molecule has 0 radical (unpaired) electrons. The van der Waals surface area contributed by atoms with Gasteiger partial charge in [0.1, 0.15) is 5.78 Å². The number of amides is 1. The summed E-state index contributed by atoms with van der Waals surface area (Å²) in [7, 11) is 0. The Bertz CT molecular complexity index is 1180. The number of aromatic nitrogens is 1. The lowest BCUT2D eigenvalue weighted by Crippen LogP contribution is -2.28. The fourth-order valence-electron chi connectivity index (χ4n) is 3.01. The third-order valence-electron chi connectivity index (χ3n) is 5.06. The smallest absolute Gasteiger partial charge is 0.313 e. The molecule has 40 heavy (non-hydrogen) atoms. The maximum atomic E-state index is 13.5. The summed E-state index contributed by atoms with van der Waals surface area (Å²) in [5.74, 6) is -14.7. The summed E-state index contributed by atoms with van der Waals surface area (Å²) in [6.45, 7) is 1.47. The van der Waals surface area contributed by atoms with Crippen molar-refractivity contribution in [2.45, 2.75) is 37.6 Å². The van der Waals surface area contributed by atoms with Crippen LogP contribution in [-0.2, 0) is 30.4 Å². The molecule has 0 fully saturated rings. The van der Waals surface area contributed by atoms with E-state index in [0.717, 1.165) is 0 Å². The van der Waals surface area contributed by atoms with Crippen molar-refractivity contribution in [3.05, 3.63) is 35.2 Å². The minimum Gasteiger partial charge on any atom is -0.494 e. The van der Waals surface area contributed by atoms with Gasteiger partial charge in [0.05, 0.1) is 37.7 Å². The number of benzene rings is 1. The molecule has 0 spiro atoms. The molecule has 0 aliphatic carbocycles. The quantitative estimate of drug-likeness (QED) is 0.0477. The molecular formula is C24H27F5N2O8S. The van der Waals surface area contributed by atoms with Gasteiger partial charge < -0.3 is 29.7 Å². The first-order valence-corrected chi connectivity index (χ1v) is 12.8. The number of hydrogen-bond acceptors (Lipinski definition) is 9. The zero-order chi connectivity index (χ0) is 29.8. The van der Waals surface area contributed by atoms with Gasteiger partial charge in [-0.15, -0.1) is 11.8 Å². The average Bonchev–Trinajstić information content (AvgIpc) is 3.18. The zero-order valence-corrected chi connectivity index (χ0v) is 22.1. The van der Waals surface area contributed by atoms with Crippen LogP contribution in [-0.4, -0.2) is 71.2 Å². The summed E-state index contributed by atoms with van der Waals surface area (Å²) in [6, 6.07) is 1.35. The average molecular weight is 599 g/mol. The normalized spacial score (nSPS) is 11.1. The van der Waals surface area contributed by atoms with Gasteiger partial charge >= 0.3 is 5.97 Å². The van der Waals surface area contributed by atoms with Gasteiger partial charge in [-0.3, -0.25) is 19.0 Å². The highest BCUT2D eigenvalue weighted by atomic mass is 32.2. The van der Waals surface area contributed by atoms with E-state index in [9.17, 15) is 46.5 Å². The summed E-state index contributed by atoms with van der Waals surface area (Å²) >= 11 is 1.21. The van der Waals surface area contributed by atoms with E-state index < -0.39 is 47.2 Å². The lowest BCUT2D eigenvalue weighted by atomic mass is 10.2. The Morgan fingerprint density at radius 3 is 2.10 bits per heavy atom. The first-order chi connectivity index (χ1) is 18.9. The number of nitrogens with one attached hydrogen (secondary N) is 1. The summed E-state index contributed by atoms with van der Waals surface area (Å²) in [5, 5.41) is 22.8. The van der Waals surface area contributed by atoms with Crippen LogP contribution in [0.15, 0.2) is 11.0 Å². The van der Waals surface area contributed by atoms with E-state index in [2.05, 4.69) is 10.1 Å². The summed E-state index contributed by atoms with van der Waals surface area (Å²) in [4.78, 5) is 35.0. The van der Waals surface area contributed by atoms with Crippen molar-refractivity contribution in [3.8, 4) is 17.5 Å². The molecule has 2 aromatic rings. The molecule has 1 aromatic heterocycles. The lowest BCUT2D eigenvalue weighted by Gasteiger charge is -2.10. The monoisotopic (exact) mass is 598 g/mol. The predicted octanol–water partition coefficient (Wildman–Crippen LogP) is 3.20. The summed E-state index contributed by atoms with van der Waals surface area (Å²) in [5.41, 5.74) is 0. The van der Waals surface area contributed by atoms with Crippen molar-refractivity contribution in [3.63, 3.8) is 0 Å². The van der Waals surface area contributed by atoms with Crippen LogP contribution in [0.5, 0.6) is 17.5 Å². The van der Waals surface area contributed by atoms with Gasteiger partial charge in [-0.1, -0.05) is 0 Å². The van der Waals surface area contributed by atoms with Crippen molar-refractivity contribution in [2.24, 2.45) is 0 Å². The molecule has 10 nitrogen and oxygen atoms in total. The largest absolute Gasteiger partial charge is 0.494 e. The molecule has 0 atom stereocenters. The number of carbonyl (C=O) groups is 3. The van der Waals surface area contributed by atoms with Gasteiger partial charge in [0, 0.05) is 37.8 Å². The van der Waals surface area contributed by atoms with Gasteiger partial charge in [-0.2, -0.15) is 8.78 Å². The van der Waals surface area contributed by atoms with Crippen LogP contribution >= 0.6 is 11.8 Å². The number of ether oxygens (including phenoxy) is 3. The number of rotatable bonds is 17. The molecule has 1 heterocycles. The highest BCUT2D eigenvalue weighted by molar-refractivity contribution is 7.99. The number of aromatic hydroxyl groups is 2. The van der Waals surface area contributed by atoms with Gasteiger partial charge in [-0.05, 0) is 6.92 Å². The molecule has 0 bridgehead atoms. The minimum absolute atomic E-state index is 0.00220. The number of thioether (sulfide) groups is 1. The number of esters is 1. The fraction of sp³-hybridized carbons (Fsp3) is 0.458. The fourth-order valence-corrected chi connectivity index (χ4v) is 4.05. The Hall–Kier alpha value is -3.37. The van der Waals surface area contributed by atoms with E-state index in [-0.39, 0.29) is 69.4 Å². The van der Waals surface area contributed by atoms with Crippen molar-refractivity contribution < 1.29 is 60.8 Å². The van der Waals surface area contributed by atoms with E-state index in [1.165, 1.54) is 29.3 Å². The molecule has 1 amide bonds. The number of nitrogens with zero attached hydrogens (tertiary/aromatic N) is 1. The van der Waals surface area contributed by atoms with Crippen LogP contribution in [0.25, 0.3) is 0 Å². The number of Topliss-reactive ketones (excluding diaryl/α,β-unsaturated/α-hetero) is 1. The summed E-state index contributed by atoms with van der Waals surface area (Å²) < 4.78 is 82.0. The Labute approximate surface area is 229 Å². The predicted molar refractivity (Wildman–Crippen MR) is 130 cm³/mol. The highest BCUT2D eigenvalue weighted by Gasteiger charge is 2.28. The Morgan fingerprint density at radius 2 is 1.48 bits per heavy atom. The maximum absolute atomic E-state index is 13.5. The van der Waals surface area contributed by atoms with E-state index >= 15 is 0 Å². The zero-order valence-electron chi connectivity index (χ0n) is 21.2. The molecule has 0 unspecified atom stereocenters. The van der Waals surface area contributed by atoms with E-state index in [4.69, 9.17) is 9.47 Å². The van der Waals surface area contributed by atoms with Crippen LogP contribution in [0.2, 0.25) is 0 Å².